The van der Waals surface area contributed by atoms with Crippen LogP contribution in [-0.4, -0.2) is 23.9 Å². The first-order valence-corrected chi connectivity index (χ1v) is 8.96. The van der Waals surface area contributed by atoms with Gasteiger partial charge in [-0.2, -0.15) is 0 Å². The number of esters is 4. The quantitative estimate of drug-likeness (QED) is 0.287. The largest absolute Gasteiger partial charge is 0.393 e. The zero-order chi connectivity index (χ0) is 18.2. The molecule has 0 aromatic heterocycles. The van der Waals surface area contributed by atoms with E-state index in [-0.39, 0.29) is 25.7 Å². The molecule has 0 heterocycles. The van der Waals surface area contributed by atoms with E-state index in [2.05, 4.69) is 9.47 Å². The lowest BCUT2D eigenvalue weighted by atomic mass is 10.1. The van der Waals surface area contributed by atoms with Crippen LogP contribution in [0.4, 0.5) is 0 Å². The standard InChI is InChI=1S/C18H30O6/c1-3-11-15(19)23-17(21)13-9-7-5-6-8-10-14-18(22)24-16(20)12-4-2/h3-14H2,1-2H3. The van der Waals surface area contributed by atoms with Crippen molar-refractivity contribution in [3.63, 3.8) is 0 Å². The molecule has 0 radical (unpaired) electrons. The van der Waals surface area contributed by atoms with E-state index in [0.717, 1.165) is 25.7 Å². The van der Waals surface area contributed by atoms with Gasteiger partial charge in [0.25, 0.3) is 0 Å². The van der Waals surface area contributed by atoms with Gasteiger partial charge in [-0.05, 0) is 25.7 Å². The molecule has 0 N–H and O–H groups in total. The number of hydrogen-bond donors (Lipinski definition) is 0. The third-order valence-corrected chi connectivity index (χ3v) is 3.38. The Kier molecular flexibility index (Phi) is 13.8. The molecule has 0 saturated heterocycles. The summed E-state index contributed by atoms with van der Waals surface area (Å²) < 4.78 is 9.31. The monoisotopic (exact) mass is 342 g/mol. The van der Waals surface area contributed by atoms with Crippen molar-refractivity contribution >= 4 is 23.9 Å². The van der Waals surface area contributed by atoms with Gasteiger partial charge in [0.2, 0.25) is 0 Å². The van der Waals surface area contributed by atoms with Crippen molar-refractivity contribution in [2.75, 3.05) is 0 Å². The minimum Gasteiger partial charge on any atom is -0.393 e. The predicted molar refractivity (Wildman–Crippen MR) is 89.0 cm³/mol. The molecular weight excluding hydrogens is 312 g/mol. The summed E-state index contributed by atoms with van der Waals surface area (Å²) in [5.74, 6) is -1.81. The molecule has 0 bridgehead atoms. The number of ether oxygens (including phenoxy) is 2. The lowest BCUT2D eigenvalue weighted by Crippen LogP contribution is -2.11. The molecule has 0 rings (SSSR count). The zero-order valence-electron chi connectivity index (χ0n) is 14.9. The summed E-state index contributed by atoms with van der Waals surface area (Å²) in [7, 11) is 0. The fourth-order valence-corrected chi connectivity index (χ4v) is 2.11. The average molecular weight is 342 g/mol. The molecule has 0 unspecified atom stereocenters. The highest BCUT2D eigenvalue weighted by Gasteiger charge is 2.10. The van der Waals surface area contributed by atoms with E-state index in [1.807, 2.05) is 13.8 Å². The third kappa shape index (κ3) is 13.9. The topological polar surface area (TPSA) is 86.7 Å². The van der Waals surface area contributed by atoms with Gasteiger partial charge in [-0.3, -0.25) is 19.2 Å². The second-order valence-corrected chi connectivity index (χ2v) is 5.81. The number of rotatable bonds is 13. The van der Waals surface area contributed by atoms with Gasteiger partial charge in [-0.1, -0.05) is 39.5 Å². The van der Waals surface area contributed by atoms with Gasteiger partial charge in [-0.15, -0.1) is 0 Å². The van der Waals surface area contributed by atoms with Crippen LogP contribution in [0, 0.1) is 0 Å². The van der Waals surface area contributed by atoms with Crippen LogP contribution < -0.4 is 0 Å². The first-order valence-electron chi connectivity index (χ1n) is 8.96. The Bertz CT molecular complexity index is 364. The summed E-state index contributed by atoms with van der Waals surface area (Å²) in [6.45, 7) is 3.71. The summed E-state index contributed by atoms with van der Waals surface area (Å²) in [6, 6.07) is 0. The molecule has 0 saturated carbocycles. The minimum absolute atomic E-state index is 0.265. The lowest BCUT2D eigenvalue weighted by molar-refractivity contribution is -0.161. The van der Waals surface area contributed by atoms with Gasteiger partial charge < -0.3 is 9.47 Å². The molecule has 24 heavy (non-hydrogen) atoms. The highest BCUT2D eigenvalue weighted by molar-refractivity contribution is 5.85. The lowest BCUT2D eigenvalue weighted by Gasteiger charge is -2.03. The smallest absolute Gasteiger partial charge is 0.313 e. The van der Waals surface area contributed by atoms with Crippen molar-refractivity contribution in [2.45, 2.75) is 90.9 Å². The van der Waals surface area contributed by atoms with Crippen molar-refractivity contribution in [3.8, 4) is 0 Å². The van der Waals surface area contributed by atoms with Crippen LogP contribution in [0.1, 0.15) is 90.9 Å². The highest BCUT2D eigenvalue weighted by Crippen LogP contribution is 2.10. The molecule has 0 aromatic rings. The van der Waals surface area contributed by atoms with Crippen LogP contribution in [0.15, 0.2) is 0 Å². The van der Waals surface area contributed by atoms with E-state index in [1.54, 1.807) is 0 Å². The van der Waals surface area contributed by atoms with E-state index in [0.29, 0.717) is 25.7 Å². The number of unbranched alkanes of at least 4 members (excludes halogenated alkanes) is 5. The molecule has 0 fully saturated rings. The highest BCUT2D eigenvalue weighted by atomic mass is 16.6. The second-order valence-electron chi connectivity index (χ2n) is 5.81. The van der Waals surface area contributed by atoms with Gasteiger partial charge in [0, 0.05) is 25.7 Å². The molecule has 0 amide bonds. The van der Waals surface area contributed by atoms with E-state index in [4.69, 9.17) is 0 Å². The fourth-order valence-electron chi connectivity index (χ4n) is 2.11. The molecule has 138 valence electrons. The molecular formula is C18H30O6. The molecule has 0 atom stereocenters. The van der Waals surface area contributed by atoms with Crippen molar-refractivity contribution in [2.24, 2.45) is 0 Å². The van der Waals surface area contributed by atoms with Crippen molar-refractivity contribution in [1.82, 2.24) is 0 Å². The number of carbonyl (C=O) groups excluding carboxylic acids is 4. The summed E-state index contributed by atoms with van der Waals surface area (Å²) in [4.78, 5) is 44.9. The van der Waals surface area contributed by atoms with E-state index in [1.165, 1.54) is 0 Å². The Morgan fingerprint density at radius 1 is 0.500 bits per heavy atom. The van der Waals surface area contributed by atoms with Crippen LogP contribution >= 0.6 is 0 Å². The third-order valence-electron chi connectivity index (χ3n) is 3.38. The first-order chi connectivity index (χ1) is 11.5. The number of carbonyl (C=O) groups is 4. The summed E-state index contributed by atoms with van der Waals surface area (Å²) in [6.07, 6.45) is 7.52. The Labute approximate surface area is 144 Å². The van der Waals surface area contributed by atoms with Crippen molar-refractivity contribution in [1.29, 1.82) is 0 Å². The van der Waals surface area contributed by atoms with E-state index in [9.17, 15) is 19.2 Å². The summed E-state index contributed by atoms with van der Waals surface area (Å²) in [5.41, 5.74) is 0. The van der Waals surface area contributed by atoms with Gasteiger partial charge in [-0.25, -0.2) is 0 Å². The molecule has 0 aromatic carbocycles. The summed E-state index contributed by atoms with van der Waals surface area (Å²) in [5, 5.41) is 0. The molecule has 6 heteroatoms. The first kappa shape index (κ1) is 22.3. The maximum absolute atomic E-state index is 11.4. The van der Waals surface area contributed by atoms with Crippen LogP contribution in [-0.2, 0) is 28.7 Å². The molecule has 0 aliphatic rings. The van der Waals surface area contributed by atoms with Crippen LogP contribution in [0.3, 0.4) is 0 Å². The Balaban J connectivity index is 3.45. The molecule has 0 spiro atoms. The van der Waals surface area contributed by atoms with Crippen molar-refractivity contribution in [3.05, 3.63) is 0 Å². The predicted octanol–water partition coefficient (Wildman–Crippen LogP) is 3.85. The molecule has 6 nitrogen and oxygen atoms in total. The SMILES string of the molecule is CCCC(=O)OC(=O)CCCCCCCCC(=O)OC(=O)CCC. The van der Waals surface area contributed by atoms with Gasteiger partial charge in [0.15, 0.2) is 0 Å². The van der Waals surface area contributed by atoms with Crippen LogP contribution in [0.25, 0.3) is 0 Å². The minimum atomic E-state index is -0.452. The fraction of sp³-hybridized carbons (Fsp3) is 0.778. The van der Waals surface area contributed by atoms with Crippen LogP contribution in [0.5, 0.6) is 0 Å². The van der Waals surface area contributed by atoms with Gasteiger partial charge in [0.1, 0.15) is 0 Å². The summed E-state index contributed by atoms with van der Waals surface area (Å²) >= 11 is 0. The second kappa shape index (κ2) is 14.8. The Hall–Kier alpha value is -1.72. The number of hydrogen-bond acceptors (Lipinski definition) is 6. The normalized spacial score (nSPS) is 10.2. The Morgan fingerprint density at radius 2 is 0.792 bits per heavy atom. The maximum Gasteiger partial charge on any atom is 0.313 e. The van der Waals surface area contributed by atoms with Crippen LogP contribution in [0.2, 0.25) is 0 Å². The average Bonchev–Trinajstić information content (AvgIpc) is 2.50. The Morgan fingerprint density at radius 3 is 1.12 bits per heavy atom. The van der Waals surface area contributed by atoms with E-state index >= 15 is 0 Å². The molecule has 0 aliphatic carbocycles. The van der Waals surface area contributed by atoms with E-state index < -0.39 is 23.9 Å². The van der Waals surface area contributed by atoms with Gasteiger partial charge >= 0.3 is 23.9 Å². The van der Waals surface area contributed by atoms with Gasteiger partial charge in [0.05, 0.1) is 0 Å². The maximum atomic E-state index is 11.4. The molecule has 0 aliphatic heterocycles. The zero-order valence-corrected chi connectivity index (χ0v) is 14.9. The van der Waals surface area contributed by atoms with Crippen molar-refractivity contribution < 1.29 is 28.7 Å².